The van der Waals surface area contributed by atoms with E-state index in [1.54, 1.807) is 0 Å². The Morgan fingerprint density at radius 2 is 1.95 bits per heavy atom. The van der Waals surface area contributed by atoms with Crippen LogP contribution in [-0.2, 0) is 0 Å². The fraction of sp³-hybridized carbons (Fsp3) is 1.00. The largest absolute Gasteiger partial charge is 0.441 e. The van der Waals surface area contributed by atoms with Crippen molar-refractivity contribution >= 4 is 11.8 Å². The molecular weight excluding hydrogens is 297 g/mol. The summed E-state index contributed by atoms with van der Waals surface area (Å²) >= 11 is 0.120. The smallest absolute Gasteiger partial charge is 0.308 e. The van der Waals surface area contributed by atoms with E-state index in [0.29, 0.717) is 12.6 Å². The third kappa shape index (κ3) is 5.32. The number of hydrogen-bond donors (Lipinski definition) is 1. The first-order chi connectivity index (χ1) is 9.94. The summed E-state index contributed by atoms with van der Waals surface area (Å²) in [6.45, 7) is 4.56. The molecule has 6 heteroatoms. The third-order valence-electron chi connectivity index (χ3n) is 4.81. The molecule has 124 valence electrons. The van der Waals surface area contributed by atoms with E-state index in [9.17, 15) is 13.2 Å². The van der Waals surface area contributed by atoms with Gasteiger partial charge in [-0.05, 0) is 31.0 Å². The lowest BCUT2D eigenvalue weighted by atomic mass is 9.79. The van der Waals surface area contributed by atoms with Crippen LogP contribution in [0.25, 0.3) is 0 Å². The van der Waals surface area contributed by atoms with Gasteiger partial charge in [0.25, 0.3) is 0 Å². The molecule has 21 heavy (non-hydrogen) atoms. The highest BCUT2D eigenvalue weighted by Gasteiger charge is 2.39. The minimum atomic E-state index is -4.10. The lowest BCUT2D eigenvalue weighted by Crippen LogP contribution is -2.65. The predicted molar refractivity (Wildman–Crippen MR) is 82.6 cm³/mol. The van der Waals surface area contributed by atoms with E-state index in [0.717, 1.165) is 25.9 Å². The summed E-state index contributed by atoms with van der Waals surface area (Å²) in [5.41, 5.74) is -3.93. The molecule has 2 fully saturated rings. The maximum Gasteiger partial charge on any atom is 0.441 e. The van der Waals surface area contributed by atoms with Gasteiger partial charge in [0, 0.05) is 37.0 Å². The molecule has 0 aromatic heterocycles. The number of nitrogens with zero attached hydrogens (tertiary/aromatic N) is 1. The third-order valence-corrected chi connectivity index (χ3v) is 5.53. The molecule has 1 unspecified atom stereocenters. The van der Waals surface area contributed by atoms with Crippen molar-refractivity contribution < 1.29 is 13.2 Å². The Morgan fingerprint density at radius 1 is 1.24 bits per heavy atom. The molecule has 0 radical (unpaired) electrons. The van der Waals surface area contributed by atoms with Gasteiger partial charge in [-0.1, -0.05) is 32.6 Å². The van der Waals surface area contributed by atoms with Gasteiger partial charge in [0.1, 0.15) is 0 Å². The molecule has 1 aliphatic heterocycles. The fourth-order valence-electron chi connectivity index (χ4n) is 3.76. The second kappa shape index (κ2) is 7.55. The second-order valence-corrected chi connectivity index (χ2v) is 7.59. The van der Waals surface area contributed by atoms with Gasteiger partial charge in [-0.3, -0.25) is 4.90 Å². The molecule has 1 aliphatic carbocycles. The topological polar surface area (TPSA) is 15.3 Å². The van der Waals surface area contributed by atoms with Crippen molar-refractivity contribution in [2.45, 2.75) is 69.0 Å². The number of halogens is 3. The van der Waals surface area contributed by atoms with Crippen molar-refractivity contribution in [2.24, 2.45) is 0 Å². The van der Waals surface area contributed by atoms with Crippen LogP contribution in [0, 0.1) is 0 Å². The van der Waals surface area contributed by atoms with Crippen molar-refractivity contribution in [1.29, 1.82) is 0 Å². The molecule has 1 atom stereocenters. The number of piperazine rings is 1. The number of nitrogens with one attached hydrogen (secondary N) is 1. The maximum atomic E-state index is 12.3. The van der Waals surface area contributed by atoms with Crippen LogP contribution in [0.3, 0.4) is 0 Å². The van der Waals surface area contributed by atoms with Crippen LogP contribution >= 0.6 is 11.8 Å². The quantitative estimate of drug-likeness (QED) is 0.822. The molecule has 1 N–H and O–H groups in total. The predicted octanol–water partition coefficient (Wildman–Crippen LogP) is 4.02. The molecule has 1 saturated heterocycles. The summed E-state index contributed by atoms with van der Waals surface area (Å²) in [4.78, 5) is 2.32. The van der Waals surface area contributed by atoms with E-state index in [1.807, 2.05) is 0 Å². The molecule has 0 amide bonds. The standard InChI is InChI=1S/C15H27F3N2S/c1-2-6-13-11-19-14(7-4-3-5-8-14)12-20(13)9-10-21-15(16,17)18/h13,19H,2-12H2,1H3. The average molecular weight is 324 g/mol. The van der Waals surface area contributed by atoms with E-state index in [1.165, 1.54) is 32.1 Å². The highest BCUT2D eigenvalue weighted by molar-refractivity contribution is 8.00. The second-order valence-electron chi connectivity index (χ2n) is 6.43. The molecule has 1 saturated carbocycles. The van der Waals surface area contributed by atoms with Crippen LogP contribution < -0.4 is 5.32 Å². The Bertz CT molecular complexity index is 317. The average Bonchev–Trinajstić information content (AvgIpc) is 2.42. The molecule has 2 rings (SSSR count). The summed E-state index contributed by atoms with van der Waals surface area (Å²) in [7, 11) is 0. The van der Waals surface area contributed by atoms with Gasteiger partial charge in [-0.25, -0.2) is 0 Å². The zero-order chi connectivity index (χ0) is 15.3. The van der Waals surface area contributed by atoms with Gasteiger partial charge in [-0.15, -0.1) is 0 Å². The first kappa shape index (κ1) is 17.4. The van der Waals surface area contributed by atoms with E-state index >= 15 is 0 Å². The first-order valence-corrected chi connectivity index (χ1v) is 9.12. The number of thioether (sulfide) groups is 1. The van der Waals surface area contributed by atoms with Crippen LogP contribution in [-0.4, -0.2) is 47.4 Å². The van der Waals surface area contributed by atoms with Crippen molar-refractivity contribution in [3.8, 4) is 0 Å². The zero-order valence-electron chi connectivity index (χ0n) is 12.8. The van der Waals surface area contributed by atoms with Gasteiger partial charge in [0.05, 0.1) is 0 Å². The SMILES string of the molecule is CCCC1CNC2(CCCCC2)CN1CCSC(F)(F)F. The van der Waals surface area contributed by atoms with E-state index < -0.39 is 5.51 Å². The minimum absolute atomic E-state index is 0.120. The van der Waals surface area contributed by atoms with Gasteiger partial charge in [0.15, 0.2) is 0 Å². The van der Waals surface area contributed by atoms with Gasteiger partial charge in [0.2, 0.25) is 0 Å². The minimum Gasteiger partial charge on any atom is -0.308 e. The van der Waals surface area contributed by atoms with Gasteiger partial charge < -0.3 is 5.32 Å². The van der Waals surface area contributed by atoms with E-state index in [2.05, 4.69) is 17.1 Å². The lowest BCUT2D eigenvalue weighted by Gasteiger charge is -2.50. The highest BCUT2D eigenvalue weighted by Crippen LogP contribution is 2.34. The summed E-state index contributed by atoms with van der Waals surface area (Å²) in [6.07, 6.45) is 8.30. The molecule has 0 bridgehead atoms. The molecule has 0 aromatic rings. The van der Waals surface area contributed by atoms with Gasteiger partial charge >= 0.3 is 5.51 Å². The van der Waals surface area contributed by atoms with Crippen LogP contribution in [0.2, 0.25) is 0 Å². The van der Waals surface area contributed by atoms with Crippen molar-refractivity contribution in [3.05, 3.63) is 0 Å². The highest BCUT2D eigenvalue weighted by atomic mass is 32.2. The zero-order valence-corrected chi connectivity index (χ0v) is 13.7. The molecule has 2 aliphatic rings. The van der Waals surface area contributed by atoms with Crippen molar-refractivity contribution in [2.75, 3.05) is 25.4 Å². The summed E-state index contributed by atoms with van der Waals surface area (Å²) < 4.78 is 37.0. The van der Waals surface area contributed by atoms with Crippen molar-refractivity contribution in [1.82, 2.24) is 10.2 Å². The monoisotopic (exact) mass is 324 g/mol. The Hall–Kier alpha value is 0.0600. The molecule has 1 spiro atoms. The van der Waals surface area contributed by atoms with Crippen LogP contribution in [0.1, 0.15) is 51.9 Å². The normalized spacial score (nSPS) is 27.1. The molecule has 0 aromatic carbocycles. The maximum absolute atomic E-state index is 12.3. The van der Waals surface area contributed by atoms with Crippen molar-refractivity contribution in [3.63, 3.8) is 0 Å². The number of rotatable bonds is 5. The van der Waals surface area contributed by atoms with Crippen LogP contribution in [0.5, 0.6) is 0 Å². The molecule has 2 nitrogen and oxygen atoms in total. The Balaban J connectivity index is 1.91. The van der Waals surface area contributed by atoms with Crippen LogP contribution in [0.15, 0.2) is 0 Å². The van der Waals surface area contributed by atoms with E-state index in [4.69, 9.17) is 0 Å². The molecular formula is C15H27F3N2S. The fourth-order valence-corrected chi connectivity index (χ4v) is 4.32. The van der Waals surface area contributed by atoms with E-state index in [-0.39, 0.29) is 23.1 Å². The number of hydrogen-bond acceptors (Lipinski definition) is 3. The Labute approximate surface area is 130 Å². The number of alkyl halides is 3. The van der Waals surface area contributed by atoms with Gasteiger partial charge in [-0.2, -0.15) is 13.2 Å². The first-order valence-electron chi connectivity index (χ1n) is 8.14. The lowest BCUT2D eigenvalue weighted by molar-refractivity contribution is -0.0330. The summed E-state index contributed by atoms with van der Waals surface area (Å²) in [6, 6.07) is 0.399. The Morgan fingerprint density at radius 3 is 2.57 bits per heavy atom. The van der Waals surface area contributed by atoms with Crippen LogP contribution in [0.4, 0.5) is 13.2 Å². The Kier molecular flexibility index (Phi) is 6.26. The molecule has 1 heterocycles. The summed E-state index contributed by atoms with van der Waals surface area (Å²) in [5, 5.41) is 3.74. The summed E-state index contributed by atoms with van der Waals surface area (Å²) in [5.74, 6) is 0.153.